The van der Waals surface area contributed by atoms with Crippen LogP contribution in [0.1, 0.15) is 2.85 Å². The number of hydrogen-bond donors (Lipinski definition) is 2. The van der Waals surface area contributed by atoms with Gasteiger partial charge in [-0.3, -0.25) is 4.57 Å². The zero-order valence-electron chi connectivity index (χ0n) is 5.03. The first kappa shape index (κ1) is 10.6. The van der Waals surface area contributed by atoms with E-state index in [0.29, 0.717) is 0 Å². The molecule has 0 fully saturated rings. The van der Waals surface area contributed by atoms with Crippen LogP contribution in [0.4, 0.5) is 0 Å². The molecule has 0 aliphatic rings. The zero-order valence-corrected chi connectivity index (χ0v) is 7.40. The standard InChI is InChI=1S/BH2O3P.Sr.2H/c1-5(2,3)4;;;/h(H2,2,3,4);;;/q;+2;2*-1. The molecular weight excluding hydrogens is 177 g/mol. The van der Waals surface area contributed by atoms with Crippen LogP contribution in [0.15, 0.2) is 0 Å². The molecule has 0 amide bonds. The molecule has 0 aliphatic carbocycles. The van der Waals surface area contributed by atoms with Crippen molar-refractivity contribution >= 4 is 60.5 Å². The Kier molecular flexibility index (Phi) is 6.50. The normalized spacial score (nSPS) is 9.67. The Bertz CT molecular complexity index is 63.4. The quantitative estimate of drug-likeness (QED) is 0.376. The van der Waals surface area contributed by atoms with Crippen LogP contribution in [0.25, 0.3) is 0 Å². The van der Waals surface area contributed by atoms with Gasteiger partial charge in [-0.15, -0.1) is 0 Å². The van der Waals surface area contributed by atoms with Crippen LogP contribution in [0.2, 0.25) is 0 Å². The summed E-state index contributed by atoms with van der Waals surface area (Å²) in [5, 5.41) is 0. The molecular formula is H4BO3PSr. The minimum absolute atomic E-state index is 0. The second kappa shape index (κ2) is 3.67. The molecule has 0 aromatic rings. The van der Waals surface area contributed by atoms with Gasteiger partial charge in [0.1, 0.15) is 0 Å². The van der Waals surface area contributed by atoms with Gasteiger partial charge in [-0.25, -0.2) is 0 Å². The minimum atomic E-state index is -4.14. The van der Waals surface area contributed by atoms with Crippen molar-refractivity contribution in [2.45, 2.75) is 0 Å². The molecule has 0 aliphatic heterocycles. The smallest absolute Gasteiger partial charge is 1.00 e. The Morgan fingerprint density at radius 1 is 1.67 bits per heavy atom. The van der Waals surface area contributed by atoms with Crippen molar-refractivity contribution in [1.29, 1.82) is 0 Å². The summed E-state index contributed by atoms with van der Waals surface area (Å²) in [7, 11) is -0.118. The summed E-state index contributed by atoms with van der Waals surface area (Å²) in [4.78, 5) is 14.8. The molecule has 0 saturated carbocycles. The van der Waals surface area contributed by atoms with E-state index in [0.717, 1.165) is 0 Å². The fourth-order valence-corrected chi connectivity index (χ4v) is 0. The topological polar surface area (TPSA) is 57.5 Å². The molecule has 0 atom stereocenters. The Morgan fingerprint density at radius 2 is 1.67 bits per heavy atom. The maximum absolute atomic E-state index is 9.10. The summed E-state index contributed by atoms with van der Waals surface area (Å²) < 4.78 is 9.10. The molecule has 2 N–H and O–H groups in total. The van der Waals surface area contributed by atoms with E-state index in [2.05, 4.69) is 7.57 Å². The van der Waals surface area contributed by atoms with Crippen LogP contribution in [-0.4, -0.2) is 62.8 Å². The Balaban J connectivity index is -0.0000000267. The second-order valence-corrected chi connectivity index (χ2v) is 1.77. The van der Waals surface area contributed by atoms with Crippen LogP contribution in [0.5, 0.6) is 0 Å². The predicted molar refractivity (Wildman–Crippen MR) is 25.8 cm³/mol. The predicted octanol–water partition coefficient (Wildman–Crippen LogP) is -0.908. The van der Waals surface area contributed by atoms with Crippen LogP contribution in [-0.2, 0) is 4.57 Å². The monoisotopic (exact) mass is 182 g/mol. The average Bonchev–Trinajstić information content (AvgIpc) is 0.722. The first-order valence-corrected chi connectivity index (χ1v) is 2.52. The molecule has 0 rings (SSSR count). The van der Waals surface area contributed by atoms with E-state index < -0.39 is 7.47 Å². The largest absolute Gasteiger partial charge is 2.00 e. The van der Waals surface area contributed by atoms with Crippen LogP contribution in [0.3, 0.4) is 0 Å². The van der Waals surface area contributed by atoms with Crippen LogP contribution in [0, 0.1) is 0 Å². The van der Waals surface area contributed by atoms with E-state index in [1.165, 1.54) is 0 Å². The Morgan fingerprint density at radius 3 is 1.67 bits per heavy atom. The third kappa shape index (κ3) is 43.7. The summed E-state index contributed by atoms with van der Waals surface area (Å²) in [6, 6.07) is 0. The second-order valence-electron chi connectivity index (χ2n) is 0.589. The van der Waals surface area contributed by atoms with Gasteiger partial charge in [-0.2, -0.15) is 0 Å². The molecule has 6 heavy (non-hydrogen) atoms. The molecule has 2 radical (unpaired) electrons. The summed E-state index contributed by atoms with van der Waals surface area (Å²) in [5.41, 5.74) is 0. The molecule has 0 spiro atoms. The molecule has 0 unspecified atom stereocenters. The summed E-state index contributed by atoms with van der Waals surface area (Å²) in [6.07, 6.45) is 0. The molecule has 6 heteroatoms. The zero-order chi connectivity index (χ0) is 4.50. The van der Waals surface area contributed by atoms with Gasteiger partial charge in [0.15, 0.2) is 0 Å². The van der Waals surface area contributed by atoms with Gasteiger partial charge in [0, 0.05) is 0 Å². The van der Waals surface area contributed by atoms with Crippen molar-refractivity contribution in [2.24, 2.45) is 0 Å². The van der Waals surface area contributed by atoms with Crippen molar-refractivity contribution in [3.8, 4) is 0 Å². The maximum Gasteiger partial charge on any atom is 2.00 e. The molecule has 0 saturated heterocycles. The van der Waals surface area contributed by atoms with Gasteiger partial charge in [-0.05, 0) is 0 Å². The van der Waals surface area contributed by atoms with E-state index in [1.54, 1.807) is 0 Å². The molecule has 32 valence electrons. The van der Waals surface area contributed by atoms with Crippen molar-refractivity contribution in [3.63, 3.8) is 0 Å². The summed E-state index contributed by atoms with van der Waals surface area (Å²) >= 11 is 0. The molecule has 0 aromatic carbocycles. The number of rotatable bonds is 0. The van der Waals surface area contributed by atoms with Crippen molar-refractivity contribution in [2.75, 3.05) is 0 Å². The van der Waals surface area contributed by atoms with E-state index in [9.17, 15) is 0 Å². The van der Waals surface area contributed by atoms with Gasteiger partial charge < -0.3 is 12.6 Å². The van der Waals surface area contributed by atoms with Gasteiger partial charge in [0.05, 0.1) is 0 Å². The van der Waals surface area contributed by atoms with E-state index in [1.807, 2.05) is 0 Å². The molecule has 0 aromatic heterocycles. The first-order valence-electron chi connectivity index (χ1n) is 0.841. The SMILES string of the molecule is [B]P(=O)(O)O.[H-].[H-].[Sr+2]. The Hall–Kier alpha value is 1.70. The third-order valence-electron chi connectivity index (χ3n) is 0. The van der Waals surface area contributed by atoms with Gasteiger partial charge in [0.25, 0.3) is 7.47 Å². The van der Waals surface area contributed by atoms with Gasteiger partial charge >= 0.3 is 45.5 Å². The summed E-state index contributed by atoms with van der Waals surface area (Å²) in [5.74, 6) is 0. The maximum atomic E-state index is 9.10. The van der Waals surface area contributed by atoms with Crippen LogP contribution >= 0.6 is 7.47 Å². The third-order valence-corrected chi connectivity index (χ3v) is 0. The van der Waals surface area contributed by atoms with Crippen molar-refractivity contribution in [3.05, 3.63) is 0 Å². The Labute approximate surface area is 76.9 Å². The summed E-state index contributed by atoms with van der Waals surface area (Å²) in [6.45, 7) is 0. The first-order chi connectivity index (χ1) is 2.00. The van der Waals surface area contributed by atoms with E-state index in [-0.39, 0.29) is 48.3 Å². The number of hydrogen-bond acceptors (Lipinski definition) is 1. The minimum Gasteiger partial charge on any atom is -1.00 e. The van der Waals surface area contributed by atoms with Gasteiger partial charge in [-0.1, -0.05) is 0 Å². The average molecular weight is 181 g/mol. The molecule has 0 bridgehead atoms. The van der Waals surface area contributed by atoms with Gasteiger partial charge in [0.2, 0.25) is 7.57 Å². The van der Waals surface area contributed by atoms with E-state index >= 15 is 0 Å². The fourth-order valence-electron chi connectivity index (χ4n) is 0. The van der Waals surface area contributed by atoms with Crippen LogP contribution < -0.4 is 0 Å². The van der Waals surface area contributed by atoms with Crippen molar-refractivity contribution in [1.82, 2.24) is 0 Å². The fraction of sp³-hybridized carbons (Fsp3) is 0. The molecule has 3 nitrogen and oxygen atoms in total. The van der Waals surface area contributed by atoms with Crippen molar-refractivity contribution < 1.29 is 17.2 Å². The molecule has 0 heterocycles. The van der Waals surface area contributed by atoms with E-state index in [4.69, 9.17) is 14.4 Å².